The Bertz CT molecular complexity index is 406. The molecule has 0 radical (unpaired) electrons. The topological polar surface area (TPSA) is 25.4 Å². The summed E-state index contributed by atoms with van der Waals surface area (Å²) in [5, 5.41) is 0. The molecule has 1 saturated carbocycles. The van der Waals surface area contributed by atoms with E-state index in [1.54, 1.807) is 6.20 Å². The van der Waals surface area contributed by atoms with Crippen LogP contribution in [0.3, 0.4) is 0 Å². The lowest BCUT2D eigenvalue weighted by Gasteiger charge is -2.21. The van der Waals surface area contributed by atoms with Gasteiger partial charge in [-0.3, -0.25) is 9.88 Å². The van der Waals surface area contributed by atoms with Crippen LogP contribution in [0.25, 0.3) is 0 Å². The maximum atomic E-state index is 6.10. The van der Waals surface area contributed by atoms with Crippen molar-refractivity contribution in [3.63, 3.8) is 0 Å². The Hall–Kier alpha value is -1.35. The first-order valence-corrected chi connectivity index (χ1v) is 6.77. The smallest absolute Gasteiger partial charge is 0.138 e. The number of pyridine rings is 1. The van der Waals surface area contributed by atoms with Gasteiger partial charge in [0.15, 0.2) is 0 Å². The molecule has 18 heavy (non-hydrogen) atoms. The summed E-state index contributed by atoms with van der Waals surface area (Å²) in [6.07, 6.45) is 8.44. The van der Waals surface area contributed by atoms with Gasteiger partial charge in [-0.2, -0.15) is 0 Å². The molecule has 3 heteroatoms. The largest absolute Gasteiger partial charge is 0.488 e. The van der Waals surface area contributed by atoms with Crippen molar-refractivity contribution >= 4 is 0 Å². The molecule has 0 unspecified atom stereocenters. The fraction of sp³-hybridized carbons (Fsp3) is 0.533. The first-order chi connectivity index (χ1) is 8.86. The molecule has 1 aromatic heterocycles. The summed E-state index contributed by atoms with van der Waals surface area (Å²) in [6.45, 7) is 7.20. The standard InChI is InChI=1S/C15H20N2O/c1-2-8-17-10-12-5-6-15(14(12)11-17)18-13-4-3-7-16-9-13/h2-4,7,9,12,14-15H,1,5-6,8,10-11H2/t12-,14+,15-/m1/s1. The lowest BCUT2D eigenvalue weighted by atomic mass is 9.99. The van der Waals surface area contributed by atoms with Gasteiger partial charge in [-0.15, -0.1) is 6.58 Å². The summed E-state index contributed by atoms with van der Waals surface area (Å²) in [7, 11) is 0. The summed E-state index contributed by atoms with van der Waals surface area (Å²) in [5.41, 5.74) is 0. The van der Waals surface area contributed by atoms with E-state index >= 15 is 0 Å². The Morgan fingerprint density at radius 3 is 3.17 bits per heavy atom. The predicted molar refractivity (Wildman–Crippen MR) is 71.5 cm³/mol. The number of aromatic nitrogens is 1. The highest BCUT2D eigenvalue weighted by atomic mass is 16.5. The molecular formula is C15H20N2O. The summed E-state index contributed by atoms with van der Waals surface area (Å²) in [6, 6.07) is 3.93. The van der Waals surface area contributed by atoms with Crippen LogP contribution in [0.2, 0.25) is 0 Å². The van der Waals surface area contributed by atoms with Crippen LogP contribution in [-0.4, -0.2) is 35.6 Å². The van der Waals surface area contributed by atoms with Crippen LogP contribution in [0.1, 0.15) is 12.8 Å². The van der Waals surface area contributed by atoms with Crippen LogP contribution in [0, 0.1) is 11.8 Å². The summed E-state index contributed by atoms with van der Waals surface area (Å²) >= 11 is 0. The summed E-state index contributed by atoms with van der Waals surface area (Å²) in [5.74, 6) is 2.40. The highest BCUT2D eigenvalue weighted by molar-refractivity contribution is 5.16. The number of hydrogen-bond acceptors (Lipinski definition) is 3. The van der Waals surface area contributed by atoms with Crippen LogP contribution in [0.15, 0.2) is 37.2 Å². The van der Waals surface area contributed by atoms with Gasteiger partial charge in [-0.1, -0.05) is 6.08 Å². The molecule has 0 aromatic carbocycles. The Morgan fingerprint density at radius 2 is 2.39 bits per heavy atom. The van der Waals surface area contributed by atoms with Crippen molar-refractivity contribution in [2.24, 2.45) is 11.8 Å². The van der Waals surface area contributed by atoms with Gasteiger partial charge in [0.05, 0.1) is 6.20 Å². The van der Waals surface area contributed by atoms with Crippen LogP contribution in [0.5, 0.6) is 5.75 Å². The zero-order chi connectivity index (χ0) is 12.4. The predicted octanol–water partition coefficient (Wildman–Crippen LogP) is 2.36. The molecule has 0 N–H and O–H groups in total. The second-order valence-corrected chi connectivity index (χ2v) is 5.35. The molecule has 1 aromatic rings. The Kier molecular flexibility index (Phi) is 3.33. The van der Waals surface area contributed by atoms with Gasteiger partial charge in [0.2, 0.25) is 0 Å². The van der Waals surface area contributed by atoms with Crippen molar-refractivity contribution in [3.8, 4) is 5.75 Å². The fourth-order valence-corrected chi connectivity index (χ4v) is 3.38. The number of hydrogen-bond donors (Lipinski definition) is 0. The maximum Gasteiger partial charge on any atom is 0.138 e. The third-order valence-corrected chi connectivity index (χ3v) is 4.18. The van der Waals surface area contributed by atoms with E-state index in [0.29, 0.717) is 12.0 Å². The van der Waals surface area contributed by atoms with Gasteiger partial charge in [0, 0.05) is 31.7 Å². The molecule has 2 fully saturated rings. The summed E-state index contributed by atoms with van der Waals surface area (Å²) < 4.78 is 6.10. The minimum Gasteiger partial charge on any atom is -0.488 e. The van der Waals surface area contributed by atoms with Crippen LogP contribution >= 0.6 is 0 Å². The first kappa shape index (κ1) is 11.7. The Labute approximate surface area is 108 Å². The molecule has 2 aliphatic rings. The third-order valence-electron chi connectivity index (χ3n) is 4.18. The molecule has 3 rings (SSSR count). The molecule has 0 amide bonds. The van der Waals surface area contributed by atoms with Gasteiger partial charge in [0.1, 0.15) is 11.9 Å². The minimum absolute atomic E-state index is 0.369. The zero-order valence-electron chi connectivity index (χ0n) is 10.7. The fourth-order valence-electron chi connectivity index (χ4n) is 3.38. The SMILES string of the molecule is C=CCN1C[C@H]2CC[C@@H](Oc3cccnc3)[C@H]2C1. The van der Waals surface area contributed by atoms with Crippen molar-refractivity contribution in [2.75, 3.05) is 19.6 Å². The van der Waals surface area contributed by atoms with E-state index in [4.69, 9.17) is 4.74 Å². The van der Waals surface area contributed by atoms with E-state index in [1.165, 1.54) is 19.4 Å². The average molecular weight is 244 g/mol. The van der Waals surface area contributed by atoms with Crippen molar-refractivity contribution in [2.45, 2.75) is 18.9 Å². The quantitative estimate of drug-likeness (QED) is 0.760. The van der Waals surface area contributed by atoms with E-state index in [0.717, 1.165) is 24.8 Å². The zero-order valence-corrected chi connectivity index (χ0v) is 10.7. The van der Waals surface area contributed by atoms with E-state index in [9.17, 15) is 0 Å². The molecule has 3 atom stereocenters. The molecular weight excluding hydrogens is 224 g/mol. The highest BCUT2D eigenvalue weighted by Crippen LogP contribution is 2.39. The maximum absolute atomic E-state index is 6.10. The lowest BCUT2D eigenvalue weighted by Crippen LogP contribution is -2.28. The second-order valence-electron chi connectivity index (χ2n) is 5.35. The molecule has 3 nitrogen and oxygen atoms in total. The van der Waals surface area contributed by atoms with E-state index in [1.807, 2.05) is 24.4 Å². The number of likely N-dealkylation sites (tertiary alicyclic amines) is 1. The Morgan fingerprint density at radius 1 is 1.44 bits per heavy atom. The molecule has 2 heterocycles. The van der Waals surface area contributed by atoms with E-state index in [2.05, 4.69) is 16.5 Å². The monoisotopic (exact) mass is 244 g/mol. The first-order valence-electron chi connectivity index (χ1n) is 6.77. The van der Waals surface area contributed by atoms with Crippen LogP contribution in [0.4, 0.5) is 0 Å². The van der Waals surface area contributed by atoms with E-state index in [-0.39, 0.29) is 0 Å². The van der Waals surface area contributed by atoms with Crippen molar-refractivity contribution in [1.29, 1.82) is 0 Å². The van der Waals surface area contributed by atoms with Gasteiger partial charge in [-0.25, -0.2) is 0 Å². The van der Waals surface area contributed by atoms with Crippen molar-refractivity contribution in [3.05, 3.63) is 37.2 Å². The van der Waals surface area contributed by atoms with Crippen LogP contribution < -0.4 is 4.74 Å². The van der Waals surface area contributed by atoms with Crippen molar-refractivity contribution < 1.29 is 4.74 Å². The molecule has 0 bridgehead atoms. The van der Waals surface area contributed by atoms with Gasteiger partial charge < -0.3 is 4.74 Å². The van der Waals surface area contributed by atoms with Crippen molar-refractivity contribution in [1.82, 2.24) is 9.88 Å². The second kappa shape index (κ2) is 5.11. The van der Waals surface area contributed by atoms with E-state index < -0.39 is 0 Å². The Balaban J connectivity index is 1.63. The highest BCUT2D eigenvalue weighted by Gasteiger charge is 2.43. The summed E-state index contributed by atoms with van der Waals surface area (Å²) in [4.78, 5) is 6.60. The molecule has 96 valence electrons. The third kappa shape index (κ3) is 2.27. The number of fused-ring (bicyclic) bond motifs is 1. The molecule has 1 aliphatic heterocycles. The van der Waals surface area contributed by atoms with Gasteiger partial charge >= 0.3 is 0 Å². The van der Waals surface area contributed by atoms with Gasteiger partial charge in [-0.05, 0) is 30.9 Å². The number of rotatable bonds is 4. The molecule has 1 saturated heterocycles. The normalized spacial score (nSPS) is 31.2. The number of nitrogens with zero attached hydrogens (tertiary/aromatic N) is 2. The number of ether oxygens (including phenoxy) is 1. The lowest BCUT2D eigenvalue weighted by molar-refractivity contribution is 0.149. The molecule has 0 spiro atoms. The molecule has 1 aliphatic carbocycles. The van der Waals surface area contributed by atoms with Crippen LogP contribution in [-0.2, 0) is 0 Å². The van der Waals surface area contributed by atoms with Gasteiger partial charge in [0.25, 0.3) is 0 Å². The average Bonchev–Trinajstić information content (AvgIpc) is 2.93. The minimum atomic E-state index is 0.369.